The van der Waals surface area contributed by atoms with Crippen molar-refractivity contribution in [2.24, 2.45) is 0 Å². The zero-order valence-corrected chi connectivity index (χ0v) is 9.88. The molecule has 0 radical (unpaired) electrons. The molecule has 1 N–H and O–H groups in total. The predicted molar refractivity (Wildman–Crippen MR) is 61.7 cm³/mol. The van der Waals surface area contributed by atoms with Crippen LogP contribution in [0.25, 0.3) is 0 Å². The second-order valence-electron chi connectivity index (χ2n) is 4.45. The average molecular weight is 238 g/mol. The molecule has 1 fully saturated rings. The van der Waals surface area contributed by atoms with Crippen LogP contribution in [0, 0.1) is 0 Å². The van der Waals surface area contributed by atoms with Crippen molar-refractivity contribution < 1.29 is 9.90 Å². The van der Waals surface area contributed by atoms with Crippen LogP contribution in [-0.4, -0.2) is 50.6 Å². The van der Waals surface area contributed by atoms with Gasteiger partial charge in [0.15, 0.2) is 0 Å². The van der Waals surface area contributed by atoms with Gasteiger partial charge in [0.1, 0.15) is 0 Å². The van der Waals surface area contributed by atoms with Gasteiger partial charge in [0, 0.05) is 12.7 Å². The van der Waals surface area contributed by atoms with Crippen LogP contribution in [0.15, 0.2) is 6.20 Å². The molecule has 1 saturated heterocycles. The van der Waals surface area contributed by atoms with Crippen molar-refractivity contribution in [3.05, 3.63) is 11.9 Å². The Kier molecular flexibility index (Phi) is 4.08. The second-order valence-corrected chi connectivity index (χ2v) is 4.45. The minimum absolute atomic E-state index is 0.0519. The highest BCUT2D eigenvalue weighted by Crippen LogP contribution is 2.08. The minimum Gasteiger partial charge on any atom is -0.481 e. The number of hydrogen-bond donors (Lipinski definition) is 1. The Morgan fingerprint density at radius 2 is 2.06 bits per heavy atom. The molecular formula is C11H18N4O2. The minimum atomic E-state index is -0.868. The van der Waals surface area contributed by atoms with Gasteiger partial charge in [-0.25, -0.2) is 0 Å². The summed E-state index contributed by atoms with van der Waals surface area (Å²) in [5.74, 6) is -0.868. The van der Waals surface area contributed by atoms with E-state index in [1.165, 1.54) is 19.3 Å². The Morgan fingerprint density at radius 1 is 1.29 bits per heavy atom. The van der Waals surface area contributed by atoms with E-state index in [2.05, 4.69) is 15.2 Å². The highest BCUT2D eigenvalue weighted by Gasteiger charge is 2.10. The van der Waals surface area contributed by atoms with E-state index in [0.717, 1.165) is 26.2 Å². The first kappa shape index (κ1) is 12.0. The van der Waals surface area contributed by atoms with Crippen molar-refractivity contribution in [3.63, 3.8) is 0 Å². The lowest BCUT2D eigenvalue weighted by atomic mass is 10.1. The molecule has 0 amide bonds. The van der Waals surface area contributed by atoms with Crippen molar-refractivity contribution >= 4 is 5.97 Å². The normalized spacial score (nSPS) is 17.2. The van der Waals surface area contributed by atoms with Crippen LogP contribution >= 0.6 is 0 Å². The van der Waals surface area contributed by atoms with Crippen molar-refractivity contribution in [3.8, 4) is 0 Å². The van der Waals surface area contributed by atoms with Gasteiger partial charge in [0.2, 0.25) is 0 Å². The van der Waals surface area contributed by atoms with Crippen LogP contribution in [0.3, 0.4) is 0 Å². The van der Waals surface area contributed by atoms with E-state index in [0.29, 0.717) is 5.69 Å². The summed E-state index contributed by atoms with van der Waals surface area (Å²) in [5.41, 5.74) is 0.524. The number of aromatic nitrogens is 3. The molecule has 6 nitrogen and oxygen atoms in total. The molecule has 0 aliphatic carbocycles. The van der Waals surface area contributed by atoms with E-state index < -0.39 is 5.97 Å². The van der Waals surface area contributed by atoms with Gasteiger partial charge in [-0.2, -0.15) is 0 Å². The molecule has 6 heteroatoms. The van der Waals surface area contributed by atoms with Gasteiger partial charge in [-0.15, -0.1) is 5.10 Å². The van der Waals surface area contributed by atoms with E-state index >= 15 is 0 Å². The van der Waals surface area contributed by atoms with E-state index in [4.69, 9.17) is 5.11 Å². The highest BCUT2D eigenvalue weighted by atomic mass is 16.4. The summed E-state index contributed by atoms with van der Waals surface area (Å²) in [7, 11) is 0. The molecule has 0 aromatic carbocycles. The largest absolute Gasteiger partial charge is 0.481 e. The van der Waals surface area contributed by atoms with Crippen LogP contribution in [0.5, 0.6) is 0 Å². The molecule has 1 aliphatic rings. The number of carbonyl (C=O) groups is 1. The zero-order chi connectivity index (χ0) is 12.1. The Balaban J connectivity index is 1.78. The lowest BCUT2D eigenvalue weighted by Gasteiger charge is -2.25. The van der Waals surface area contributed by atoms with Gasteiger partial charge in [-0.3, -0.25) is 9.48 Å². The first-order valence-corrected chi connectivity index (χ1v) is 6.07. The van der Waals surface area contributed by atoms with Crippen LogP contribution in [0.1, 0.15) is 25.0 Å². The molecule has 0 spiro atoms. The standard InChI is InChI=1S/C11H18N4O2/c16-11(17)8-10-9-15(13-12-10)7-6-14-4-2-1-3-5-14/h9H,1-8H2,(H,16,17). The van der Waals surface area contributed by atoms with Gasteiger partial charge in [-0.05, 0) is 25.9 Å². The third-order valence-corrected chi connectivity index (χ3v) is 3.01. The molecule has 1 aromatic rings. The van der Waals surface area contributed by atoms with E-state index in [-0.39, 0.29) is 6.42 Å². The van der Waals surface area contributed by atoms with Gasteiger partial charge in [0.25, 0.3) is 0 Å². The molecule has 2 rings (SSSR count). The number of likely N-dealkylation sites (tertiary alicyclic amines) is 1. The summed E-state index contributed by atoms with van der Waals surface area (Å²) in [6, 6.07) is 0. The number of aliphatic carboxylic acids is 1. The zero-order valence-electron chi connectivity index (χ0n) is 9.88. The van der Waals surface area contributed by atoms with Gasteiger partial charge < -0.3 is 10.0 Å². The van der Waals surface area contributed by atoms with Crippen LogP contribution in [0.2, 0.25) is 0 Å². The Morgan fingerprint density at radius 3 is 2.76 bits per heavy atom. The number of carboxylic acid groups (broad SMARTS) is 1. The third-order valence-electron chi connectivity index (χ3n) is 3.01. The number of nitrogens with zero attached hydrogens (tertiary/aromatic N) is 4. The summed E-state index contributed by atoms with van der Waals surface area (Å²) in [5, 5.41) is 16.4. The number of piperidine rings is 1. The van der Waals surface area contributed by atoms with E-state index in [1.807, 2.05) is 0 Å². The van der Waals surface area contributed by atoms with Crippen LogP contribution < -0.4 is 0 Å². The molecular weight excluding hydrogens is 220 g/mol. The number of carboxylic acids is 1. The monoisotopic (exact) mass is 238 g/mol. The van der Waals surface area contributed by atoms with Crippen molar-refractivity contribution in [2.45, 2.75) is 32.2 Å². The van der Waals surface area contributed by atoms with Crippen LogP contribution in [-0.2, 0) is 17.8 Å². The molecule has 0 unspecified atom stereocenters. The molecule has 1 aliphatic heterocycles. The lowest BCUT2D eigenvalue weighted by molar-refractivity contribution is -0.136. The summed E-state index contributed by atoms with van der Waals surface area (Å²) in [4.78, 5) is 12.9. The summed E-state index contributed by atoms with van der Waals surface area (Å²) >= 11 is 0. The SMILES string of the molecule is O=C(O)Cc1cn(CCN2CCCCC2)nn1. The first-order chi connectivity index (χ1) is 8.24. The summed E-state index contributed by atoms with van der Waals surface area (Å²) < 4.78 is 1.73. The summed E-state index contributed by atoms with van der Waals surface area (Å²) in [6.45, 7) is 4.08. The fourth-order valence-corrected chi connectivity index (χ4v) is 2.11. The van der Waals surface area contributed by atoms with Crippen LogP contribution in [0.4, 0.5) is 0 Å². The van der Waals surface area contributed by atoms with Crippen molar-refractivity contribution in [2.75, 3.05) is 19.6 Å². The average Bonchev–Trinajstić information content (AvgIpc) is 2.75. The third kappa shape index (κ3) is 3.81. The highest BCUT2D eigenvalue weighted by molar-refractivity contribution is 5.69. The second kappa shape index (κ2) is 5.77. The molecule has 17 heavy (non-hydrogen) atoms. The maximum Gasteiger partial charge on any atom is 0.309 e. The molecule has 0 saturated carbocycles. The quantitative estimate of drug-likeness (QED) is 0.803. The predicted octanol–water partition coefficient (Wildman–Crippen LogP) is 0.391. The molecule has 0 atom stereocenters. The number of hydrogen-bond acceptors (Lipinski definition) is 4. The fourth-order valence-electron chi connectivity index (χ4n) is 2.11. The maximum atomic E-state index is 10.5. The van der Waals surface area contributed by atoms with E-state index in [1.54, 1.807) is 10.9 Å². The van der Waals surface area contributed by atoms with E-state index in [9.17, 15) is 4.79 Å². The topological polar surface area (TPSA) is 71.2 Å². The molecule has 1 aromatic heterocycles. The Bertz CT molecular complexity index is 371. The van der Waals surface area contributed by atoms with Crippen molar-refractivity contribution in [1.29, 1.82) is 0 Å². The molecule has 0 bridgehead atoms. The molecule has 2 heterocycles. The van der Waals surface area contributed by atoms with Gasteiger partial charge in [0.05, 0.1) is 18.7 Å². The fraction of sp³-hybridized carbons (Fsp3) is 0.727. The van der Waals surface area contributed by atoms with Gasteiger partial charge in [-0.1, -0.05) is 11.6 Å². The maximum absolute atomic E-state index is 10.5. The number of rotatable bonds is 5. The van der Waals surface area contributed by atoms with Crippen molar-refractivity contribution in [1.82, 2.24) is 19.9 Å². The first-order valence-electron chi connectivity index (χ1n) is 6.07. The summed E-state index contributed by atoms with van der Waals surface area (Å²) in [6.07, 6.45) is 5.56. The Hall–Kier alpha value is -1.43. The molecule has 94 valence electrons. The lowest BCUT2D eigenvalue weighted by Crippen LogP contribution is -2.32. The van der Waals surface area contributed by atoms with Gasteiger partial charge >= 0.3 is 5.97 Å². The smallest absolute Gasteiger partial charge is 0.309 e. The Labute approximate surface area is 100 Å².